The molecule has 0 saturated carbocycles. The zero-order valence-electron chi connectivity index (χ0n) is 9.17. The minimum absolute atomic E-state index is 0.104. The lowest BCUT2D eigenvalue weighted by molar-refractivity contribution is -0.385. The highest BCUT2D eigenvalue weighted by Crippen LogP contribution is 2.25. The zero-order chi connectivity index (χ0) is 12.3. The highest BCUT2D eigenvalue weighted by Gasteiger charge is 2.12. The largest absolute Gasteiger partial charge is 0.377 e. The third-order valence-electron chi connectivity index (χ3n) is 2.41. The Kier molecular flexibility index (Phi) is 2.99. The van der Waals surface area contributed by atoms with Gasteiger partial charge in [0.05, 0.1) is 11.5 Å². The fraction of sp³-hybridized carbons (Fsp3) is 0.200. The van der Waals surface area contributed by atoms with Crippen molar-refractivity contribution in [1.82, 2.24) is 15.2 Å². The van der Waals surface area contributed by atoms with Crippen LogP contribution < -0.4 is 5.32 Å². The summed E-state index contributed by atoms with van der Waals surface area (Å²) in [6.07, 6.45) is 1.41. The summed E-state index contributed by atoms with van der Waals surface area (Å²) in [6, 6.07) is 4.92. The third kappa shape index (κ3) is 2.39. The zero-order valence-corrected chi connectivity index (χ0v) is 9.17. The van der Waals surface area contributed by atoms with Crippen LogP contribution in [0.4, 0.5) is 11.4 Å². The van der Waals surface area contributed by atoms with E-state index in [1.54, 1.807) is 19.1 Å². The summed E-state index contributed by atoms with van der Waals surface area (Å²) in [7, 11) is 0. The van der Waals surface area contributed by atoms with Crippen molar-refractivity contribution in [2.24, 2.45) is 0 Å². The monoisotopic (exact) mass is 233 g/mol. The molecular weight excluding hydrogens is 222 g/mol. The molecule has 0 fully saturated rings. The van der Waals surface area contributed by atoms with Gasteiger partial charge in [0.25, 0.3) is 5.69 Å². The fourth-order valence-electron chi connectivity index (χ4n) is 1.51. The SMILES string of the molecule is Cc1c(NCc2ncn[nH]2)cccc1[N+](=O)[O-]. The van der Waals surface area contributed by atoms with Crippen LogP contribution in [0.15, 0.2) is 24.5 Å². The molecule has 17 heavy (non-hydrogen) atoms. The van der Waals surface area contributed by atoms with Crippen molar-refractivity contribution in [3.8, 4) is 0 Å². The van der Waals surface area contributed by atoms with Crippen LogP contribution in [-0.2, 0) is 6.54 Å². The van der Waals surface area contributed by atoms with Crippen LogP contribution in [0.3, 0.4) is 0 Å². The van der Waals surface area contributed by atoms with Gasteiger partial charge in [-0.05, 0) is 13.0 Å². The summed E-state index contributed by atoms with van der Waals surface area (Å²) in [6.45, 7) is 2.16. The lowest BCUT2D eigenvalue weighted by Gasteiger charge is -2.07. The molecule has 0 aliphatic carbocycles. The molecule has 0 atom stereocenters. The number of aromatic nitrogens is 3. The van der Waals surface area contributed by atoms with E-state index < -0.39 is 4.92 Å². The minimum Gasteiger partial charge on any atom is -0.377 e. The number of hydrogen-bond donors (Lipinski definition) is 2. The van der Waals surface area contributed by atoms with Gasteiger partial charge in [-0.3, -0.25) is 15.2 Å². The number of anilines is 1. The van der Waals surface area contributed by atoms with Crippen LogP contribution in [0, 0.1) is 17.0 Å². The van der Waals surface area contributed by atoms with Gasteiger partial charge in [-0.2, -0.15) is 5.10 Å². The normalized spacial score (nSPS) is 10.2. The molecule has 2 N–H and O–H groups in total. The molecular formula is C10H11N5O2. The molecule has 1 heterocycles. The number of H-pyrrole nitrogens is 1. The second-order valence-electron chi connectivity index (χ2n) is 3.49. The second-order valence-corrected chi connectivity index (χ2v) is 3.49. The van der Waals surface area contributed by atoms with E-state index >= 15 is 0 Å². The highest BCUT2D eigenvalue weighted by molar-refractivity contribution is 5.59. The van der Waals surface area contributed by atoms with E-state index in [2.05, 4.69) is 20.5 Å². The second kappa shape index (κ2) is 4.60. The summed E-state index contributed by atoms with van der Waals surface area (Å²) in [5.74, 6) is 0.677. The van der Waals surface area contributed by atoms with E-state index in [-0.39, 0.29) is 5.69 Å². The number of aromatic amines is 1. The number of nitrogens with zero attached hydrogens (tertiary/aromatic N) is 3. The fourth-order valence-corrected chi connectivity index (χ4v) is 1.51. The average molecular weight is 233 g/mol. The molecule has 1 aromatic heterocycles. The lowest BCUT2D eigenvalue weighted by atomic mass is 10.1. The molecule has 88 valence electrons. The molecule has 1 aromatic carbocycles. The number of rotatable bonds is 4. The Balaban J connectivity index is 2.16. The number of nitrogens with one attached hydrogen (secondary N) is 2. The molecule has 2 aromatic rings. The predicted octanol–water partition coefficient (Wildman–Crippen LogP) is 1.63. The molecule has 2 rings (SSSR count). The van der Waals surface area contributed by atoms with Gasteiger partial charge >= 0.3 is 0 Å². The van der Waals surface area contributed by atoms with Crippen molar-refractivity contribution in [1.29, 1.82) is 0 Å². The van der Waals surface area contributed by atoms with Crippen LogP contribution in [-0.4, -0.2) is 20.1 Å². The third-order valence-corrected chi connectivity index (χ3v) is 2.41. The molecule has 7 nitrogen and oxygen atoms in total. The Hall–Kier alpha value is -2.44. The van der Waals surface area contributed by atoms with Crippen molar-refractivity contribution in [2.45, 2.75) is 13.5 Å². The summed E-state index contributed by atoms with van der Waals surface area (Å²) in [4.78, 5) is 14.3. The van der Waals surface area contributed by atoms with Gasteiger partial charge in [0.2, 0.25) is 0 Å². The van der Waals surface area contributed by atoms with Crippen molar-refractivity contribution in [3.05, 3.63) is 46.0 Å². The van der Waals surface area contributed by atoms with E-state index in [0.717, 1.165) is 5.69 Å². The average Bonchev–Trinajstić information content (AvgIpc) is 2.80. The van der Waals surface area contributed by atoms with E-state index in [0.29, 0.717) is 17.9 Å². The first kappa shape index (κ1) is 11.1. The quantitative estimate of drug-likeness (QED) is 0.618. The molecule has 0 aliphatic heterocycles. The maximum Gasteiger partial charge on any atom is 0.274 e. The van der Waals surface area contributed by atoms with Gasteiger partial charge in [0.15, 0.2) is 0 Å². The number of nitro groups is 1. The number of nitro benzene ring substituents is 1. The summed E-state index contributed by atoms with van der Waals surface area (Å²) >= 11 is 0. The molecule has 0 saturated heterocycles. The van der Waals surface area contributed by atoms with Crippen LogP contribution in [0.1, 0.15) is 11.4 Å². The Labute approximate surface area is 97.0 Å². The molecule has 0 unspecified atom stereocenters. The topological polar surface area (TPSA) is 96.7 Å². The predicted molar refractivity (Wildman–Crippen MR) is 61.5 cm³/mol. The standard InChI is InChI=1S/C10H11N5O2/c1-7-8(3-2-4-9(7)15(16)17)11-5-10-12-6-13-14-10/h2-4,6,11H,5H2,1H3,(H,12,13,14). The van der Waals surface area contributed by atoms with E-state index in [1.807, 2.05) is 0 Å². The minimum atomic E-state index is -0.394. The first-order valence-corrected chi connectivity index (χ1v) is 5.00. The maximum absolute atomic E-state index is 10.8. The van der Waals surface area contributed by atoms with Crippen LogP contribution in [0.2, 0.25) is 0 Å². The molecule has 7 heteroatoms. The first-order valence-electron chi connectivity index (χ1n) is 5.00. The molecule has 0 radical (unpaired) electrons. The summed E-state index contributed by atoms with van der Waals surface area (Å²) < 4.78 is 0. The Morgan fingerprint density at radius 1 is 1.53 bits per heavy atom. The van der Waals surface area contributed by atoms with Gasteiger partial charge in [-0.1, -0.05) is 6.07 Å². The Bertz CT molecular complexity index is 523. The lowest BCUT2D eigenvalue weighted by Crippen LogP contribution is -2.04. The van der Waals surface area contributed by atoms with E-state index in [1.165, 1.54) is 12.4 Å². The first-order chi connectivity index (χ1) is 8.18. The van der Waals surface area contributed by atoms with Crippen LogP contribution in [0.5, 0.6) is 0 Å². The van der Waals surface area contributed by atoms with E-state index in [4.69, 9.17) is 0 Å². The van der Waals surface area contributed by atoms with Gasteiger partial charge in [-0.15, -0.1) is 0 Å². The molecule has 0 aliphatic rings. The number of benzene rings is 1. The molecule has 0 amide bonds. The van der Waals surface area contributed by atoms with Gasteiger partial charge < -0.3 is 5.32 Å². The highest BCUT2D eigenvalue weighted by atomic mass is 16.6. The summed E-state index contributed by atoms with van der Waals surface area (Å²) in [5, 5.41) is 20.3. The number of hydrogen-bond acceptors (Lipinski definition) is 5. The van der Waals surface area contributed by atoms with Crippen molar-refractivity contribution < 1.29 is 4.92 Å². The van der Waals surface area contributed by atoms with Crippen molar-refractivity contribution >= 4 is 11.4 Å². The van der Waals surface area contributed by atoms with E-state index in [9.17, 15) is 10.1 Å². The van der Waals surface area contributed by atoms with Gasteiger partial charge in [0, 0.05) is 17.3 Å². The Morgan fingerprint density at radius 2 is 2.35 bits per heavy atom. The maximum atomic E-state index is 10.8. The van der Waals surface area contributed by atoms with Crippen molar-refractivity contribution in [2.75, 3.05) is 5.32 Å². The van der Waals surface area contributed by atoms with Crippen molar-refractivity contribution in [3.63, 3.8) is 0 Å². The smallest absolute Gasteiger partial charge is 0.274 e. The molecule has 0 spiro atoms. The van der Waals surface area contributed by atoms with Gasteiger partial charge in [-0.25, -0.2) is 4.98 Å². The summed E-state index contributed by atoms with van der Waals surface area (Å²) in [5.41, 5.74) is 1.43. The van der Waals surface area contributed by atoms with Crippen LogP contribution >= 0.6 is 0 Å². The Morgan fingerprint density at radius 3 is 3.00 bits per heavy atom. The van der Waals surface area contributed by atoms with Crippen LogP contribution in [0.25, 0.3) is 0 Å². The molecule has 0 bridgehead atoms. The van der Waals surface area contributed by atoms with Gasteiger partial charge in [0.1, 0.15) is 12.2 Å².